The van der Waals surface area contributed by atoms with Gasteiger partial charge in [0, 0.05) is 36.9 Å². The molecule has 1 aliphatic carbocycles. The van der Waals surface area contributed by atoms with E-state index in [-0.39, 0.29) is 41.9 Å². The second kappa shape index (κ2) is 14.0. The minimum atomic E-state index is -0.856. The first kappa shape index (κ1) is 33.1. The number of nitrogens with zero attached hydrogens (tertiary/aromatic N) is 3. The fourth-order valence-corrected chi connectivity index (χ4v) is 6.76. The van der Waals surface area contributed by atoms with E-state index in [9.17, 15) is 19.5 Å². The number of aromatic hydroxyl groups is 1. The van der Waals surface area contributed by atoms with Gasteiger partial charge in [-0.1, -0.05) is 25.0 Å². The molecule has 11 nitrogen and oxygen atoms in total. The van der Waals surface area contributed by atoms with Crippen LogP contribution in [0, 0.1) is 11.8 Å². The number of ether oxygens (including phenoxy) is 3. The molecule has 3 aliphatic rings. The zero-order valence-electron chi connectivity index (χ0n) is 27.5. The van der Waals surface area contributed by atoms with Gasteiger partial charge in [-0.3, -0.25) is 9.59 Å². The van der Waals surface area contributed by atoms with Crippen LogP contribution < -0.4 is 14.8 Å². The lowest BCUT2D eigenvalue weighted by molar-refractivity contribution is -0.143. The van der Waals surface area contributed by atoms with Crippen LogP contribution in [0.3, 0.4) is 0 Å². The number of phenolic OH excluding ortho intramolecular Hbond substituents is 1. The Morgan fingerprint density at radius 2 is 1.61 bits per heavy atom. The first-order chi connectivity index (χ1) is 22.0. The van der Waals surface area contributed by atoms with Crippen LogP contribution in [0.1, 0.15) is 70.4 Å². The average molecular weight is 635 g/mol. The second-order valence-electron chi connectivity index (χ2n) is 13.4. The van der Waals surface area contributed by atoms with Crippen molar-refractivity contribution in [1.82, 2.24) is 15.2 Å². The molecule has 3 amide bonds. The van der Waals surface area contributed by atoms with Gasteiger partial charge in [0.05, 0.1) is 26.0 Å². The van der Waals surface area contributed by atoms with Gasteiger partial charge in [0.15, 0.2) is 11.5 Å². The van der Waals surface area contributed by atoms with Crippen molar-refractivity contribution in [1.29, 1.82) is 0 Å². The molecule has 1 saturated heterocycles. The number of likely N-dealkylation sites (tertiary alicyclic amines) is 1. The van der Waals surface area contributed by atoms with Gasteiger partial charge >= 0.3 is 6.09 Å². The van der Waals surface area contributed by atoms with Crippen molar-refractivity contribution in [2.75, 3.05) is 27.3 Å². The third-order valence-electron chi connectivity index (χ3n) is 9.04. The second-order valence-corrected chi connectivity index (χ2v) is 13.4. The van der Waals surface area contributed by atoms with E-state index in [1.807, 2.05) is 18.2 Å². The van der Waals surface area contributed by atoms with Crippen molar-refractivity contribution in [3.8, 4) is 17.2 Å². The molecule has 46 heavy (non-hydrogen) atoms. The highest BCUT2D eigenvalue weighted by Crippen LogP contribution is 2.40. The number of rotatable bonds is 8. The Balaban J connectivity index is 1.33. The predicted molar refractivity (Wildman–Crippen MR) is 173 cm³/mol. The van der Waals surface area contributed by atoms with E-state index < -0.39 is 17.7 Å². The number of hydrazone groups is 1. The van der Waals surface area contributed by atoms with Crippen LogP contribution in [0.4, 0.5) is 4.79 Å². The topological polar surface area (TPSA) is 130 Å². The van der Waals surface area contributed by atoms with Crippen LogP contribution in [0.2, 0.25) is 0 Å². The molecule has 0 radical (unpaired) electrons. The van der Waals surface area contributed by atoms with Crippen LogP contribution in [-0.2, 0) is 20.7 Å². The Kier molecular flexibility index (Phi) is 10.1. The number of carbonyl (C=O) groups is 3. The molecule has 0 bridgehead atoms. The molecule has 2 aliphatic heterocycles. The first-order valence-electron chi connectivity index (χ1n) is 16.2. The summed E-state index contributed by atoms with van der Waals surface area (Å²) in [6, 6.07) is 11.4. The van der Waals surface area contributed by atoms with E-state index in [1.165, 1.54) is 0 Å². The minimum absolute atomic E-state index is 0.0526. The van der Waals surface area contributed by atoms with E-state index >= 15 is 0 Å². The quantitative estimate of drug-likeness (QED) is 0.423. The van der Waals surface area contributed by atoms with Crippen molar-refractivity contribution in [2.24, 2.45) is 16.9 Å². The van der Waals surface area contributed by atoms with Crippen molar-refractivity contribution >= 4 is 23.6 Å². The van der Waals surface area contributed by atoms with Crippen molar-refractivity contribution < 1.29 is 33.7 Å². The standard InChI is InChI=1S/C35H46N4O7/c1-35(2,3)46-34(43)36-28(20-22-10-13-25(40)14-11-22)33(42)38-18-16-24(17-19-38)39-32(41)27-9-7-6-8-26(27)31(37-39)23-12-15-29(44-4)30(21-23)45-5/h10-15,21,24,26-28,40H,6-9,16-20H2,1-5H3,(H,36,43)/t26-,27+,28+/m0/s1. The van der Waals surface area contributed by atoms with E-state index in [1.54, 1.807) is 69.2 Å². The first-order valence-corrected chi connectivity index (χ1v) is 16.2. The lowest BCUT2D eigenvalue weighted by atomic mass is 9.73. The summed E-state index contributed by atoms with van der Waals surface area (Å²) in [5, 5.41) is 19.2. The fraction of sp³-hybridized carbons (Fsp3) is 0.543. The summed E-state index contributed by atoms with van der Waals surface area (Å²) in [5.41, 5.74) is 1.90. The molecular weight excluding hydrogens is 588 g/mol. The predicted octanol–water partition coefficient (Wildman–Crippen LogP) is 4.89. The highest BCUT2D eigenvalue weighted by molar-refractivity contribution is 6.07. The molecule has 2 aromatic carbocycles. The van der Waals surface area contributed by atoms with Crippen molar-refractivity contribution in [3.05, 3.63) is 53.6 Å². The molecule has 0 aromatic heterocycles. The van der Waals surface area contributed by atoms with E-state index in [2.05, 4.69) is 5.32 Å². The monoisotopic (exact) mass is 634 g/mol. The highest BCUT2D eigenvalue weighted by atomic mass is 16.6. The summed E-state index contributed by atoms with van der Waals surface area (Å²) in [4.78, 5) is 42.2. The molecule has 248 valence electrons. The van der Waals surface area contributed by atoms with Crippen LogP contribution in [0.25, 0.3) is 0 Å². The number of fused-ring (bicyclic) bond motifs is 1. The Hall–Kier alpha value is -4.28. The van der Waals surface area contributed by atoms with Gasteiger partial charge in [-0.25, -0.2) is 9.80 Å². The van der Waals surface area contributed by atoms with Gasteiger partial charge in [-0.05, 0) is 82.3 Å². The number of phenols is 1. The zero-order chi connectivity index (χ0) is 33.0. The fourth-order valence-electron chi connectivity index (χ4n) is 6.76. The zero-order valence-corrected chi connectivity index (χ0v) is 27.5. The van der Waals surface area contributed by atoms with Crippen LogP contribution >= 0.6 is 0 Å². The summed E-state index contributed by atoms with van der Waals surface area (Å²) in [6.07, 6.45) is 4.52. The van der Waals surface area contributed by atoms with Crippen LogP contribution in [0.15, 0.2) is 47.6 Å². The summed E-state index contributed by atoms with van der Waals surface area (Å²) in [6.45, 7) is 6.15. The number of piperidine rings is 1. The Morgan fingerprint density at radius 1 is 0.957 bits per heavy atom. The van der Waals surface area contributed by atoms with Gasteiger partial charge in [-0.15, -0.1) is 0 Å². The van der Waals surface area contributed by atoms with E-state index in [0.29, 0.717) is 37.4 Å². The summed E-state index contributed by atoms with van der Waals surface area (Å²) in [5.74, 6) is 1.15. The maximum Gasteiger partial charge on any atom is 0.408 e. The molecule has 2 N–H and O–H groups in total. The SMILES string of the molecule is COc1ccc(C2=NN(C3CCN(C(=O)[C@@H](Cc4ccc(O)cc4)NC(=O)OC(C)(C)C)CC3)C(=O)[C@@H]3CCCC[C@H]23)cc1OC. The largest absolute Gasteiger partial charge is 0.508 e. The van der Waals surface area contributed by atoms with Crippen molar-refractivity contribution in [2.45, 2.75) is 83.4 Å². The number of amides is 3. The lowest BCUT2D eigenvalue weighted by Crippen LogP contribution is -2.56. The molecule has 1 saturated carbocycles. The number of alkyl carbamates (subject to hydrolysis) is 1. The molecule has 2 aromatic rings. The van der Waals surface area contributed by atoms with E-state index in [4.69, 9.17) is 19.3 Å². The van der Waals surface area contributed by atoms with Crippen LogP contribution in [-0.4, -0.2) is 83.6 Å². The maximum absolute atomic E-state index is 13.9. The van der Waals surface area contributed by atoms with Crippen molar-refractivity contribution in [3.63, 3.8) is 0 Å². The molecular formula is C35H46N4O7. The number of carbonyl (C=O) groups excluding carboxylic acids is 3. The molecule has 5 rings (SSSR count). The van der Waals surface area contributed by atoms with Gasteiger partial charge in [0.25, 0.3) is 0 Å². The van der Waals surface area contributed by atoms with E-state index in [0.717, 1.165) is 42.5 Å². The molecule has 11 heteroatoms. The Labute approximate surface area is 270 Å². The molecule has 0 unspecified atom stereocenters. The van der Waals surface area contributed by atoms with Gasteiger partial charge < -0.3 is 29.5 Å². The van der Waals surface area contributed by atoms with Gasteiger partial charge in [-0.2, -0.15) is 5.10 Å². The normalized spacial score (nSPS) is 21.2. The summed E-state index contributed by atoms with van der Waals surface area (Å²) < 4.78 is 16.5. The molecule has 2 fully saturated rings. The minimum Gasteiger partial charge on any atom is -0.508 e. The summed E-state index contributed by atoms with van der Waals surface area (Å²) in [7, 11) is 3.21. The number of nitrogens with one attached hydrogen (secondary N) is 1. The maximum atomic E-state index is 13.9. The molecule has 0 spiro atoms. The third kappa shape index (κ3) is 7.57. The Bertz CT molecular complexity index is 1440. The van der Waals surface area contributed by atoms with Gasteiger partial charge in [0.1, 0.15) is 17.4 Å². The van der Waals surface area contributed by atoms with Crippen LogP contribution in [0.5, 0.6) is 17.2 Å². The Morgan fingerprint density at radius 3 is 2.24 bits per heavy atom. The number of hydrogen-bond acceptors (Lipinski definition) is 8. The third-order valence-corrected chi connectivity index (χ3v) is 9.04. The summed E-state index contributed by atoms with van der Waals surface area (Å²) >= 11 is 0. The number of methoxy groups -OCH3 is 2. The average Bonchev–Trinajstić information content (AvgIpc) is 3.04. The van der Waals surface area contributed by atoms with Gasteiger partial charge in [0.2, 0.25) is 11.8 Å². The number of benzene rings is 2. The smallest absolute Gasteiger partial charge is 0.408 e. The molecule has 3 atom stereocenters. The number of hydrogen-bond donors (Lipinski definition) is 2. The highest BCUT2D eigenvalue weighted by Gasteiger charge is 2.44. The molecule has 2 heterocycles. The lowest BCUT2D eigenvalue weighted by Gasteiger charge is -2.43.